The van der Waals surface area contributed by atoms with E-state index < -0.39 is 0 Å². The molecule has 0 radical (unpaired) electrons. The van der Waals surface area contributed by atoms with E-state index in [9.17, 15) is 9.59 Å². The maximum Gasteiger partial charge on any atom is 0.319 e. The Morgan fingerprint density at radius 2 is 1.86 bits per heavy atom. The van der Waals surface area contributed by atoms with E-state index in [2.05, 4.69) is 27.4 Å². The number of rotatable bonds is 6. The largest absolute Gasteiger partial charge is 0.377 e. The van der Waals surface area contributed by atoms with Crippen LogP contribution >= 0.6 is 0 Å². The molecular formula is C27H37N7O3. The van der Waals surface area contributed by atoms with Gasteiger partial charge in [-0.3, -0.25) is 9.69 Å². The molecule has 2 saturated heterocycles. The summed E-state index contributed by atoms with van der Waals surface area (Å²) >= 11 is 0. The Morgan fingerprint density at radius 1 is 1.08 bits per heavy atom. The van der Waals surface area contributed by atoms with Gasteiger partial charge < -0.3 is 25.2 Å². The number of aromatic nitrogens is 2. The Morgan fingerprint density at radius 3 is 2.59 bits per heavy atom. The predicted molar refractivity (Wildman–Crippen MR) is 143 cm³/mol. The first-order valence-corrected chi connectivity index (χ1v) is 13.4. The fourth-order valence-electron chi connectivity index (χ4n) is 5.30. The lowest BCUT2D eigenvalue weighted by molar-refractivity contribution is -0.131. The third-order valence-electron chi connectivity index (χ3n) is 7.32. The van der Waals surface area contributed by atoms with Gasteiger partial charge in [-0.05, 0) is 57.4 Å². The average molecular weight is 508 g/mol. The van der Waals surface area contributed by atoms with Crippen LogP contribution in [-0.4, -0.2) is 90.2 Å². The number of carbonyl (C=O) groups excluding carboxylic acids is 2. The van der Waals surface area contributed by atoms with Crippen molar-refractivity contribution < 1.29 is 14.3 Å². The molecule has 0 aliphatic carbocycles. The second kappa shape index (κ2) is 11.4. The molecule has 0 saturated carbocycles. The first-order chi connectivity index (χ1) is 18.0. The Labute approximate surface area is 218 Å². The minimum atomic E-state index is -0.229. The molecule has 1 aromatic carbocycles. The van der Waals surface area contributed by atoms with Crippen molar-refractivity contribution in [3.63, 3.8) is 0 Å². The number of hydrogen-bond donors (Lipinski definition) is 2. The second-order valence-electron chi connectivity index (χ2n) is 10.0. The van der Waals surface area contributed by atoms with Crippen molar-refractivity contribution in [2.75, 3.05) is 62.7 Å². The summed E-state index contributed by atoms with van der Waals surface area (Å²) in [6.07, 6.45) is 3.02. The second-order valence-corrected chi connectivity index (χ2v) is 10.0. The van der Waals surface area contributed by atoms with Crippen molar-refractivity contribution in [3.05, 3.63) is 35.5 Å². The normalized spacial score (nSPS) is 20.0. The minimum Gasteiger partial charge on any atom is -0.377 e. The zero-order valence-electron chi connectivity index (χ0n) is 21.8. The minimum absolute atomic E-state index is 0.215. The number of hydrogen-bond acceptors (Lipinski definition) is 7. The fraction of sp³-hybridized carbons (Fsp3) is 0.556. The van der Waals surface area contributed by atoms with Crippen LogP contribution < -0.4 is 15.5 Å². The van der Waals surface area contributed by atoms with Gasteiger partial charge in [-0.25, -0.2) is 14.8 Å². The molecule has 37 heavy (non-hydrogen) atoms. The molecule has 198 valence electrons. The molecule has 3 amide bonds. The van der Waals surface area contributed by atoms with Crippen LogP contribution in [0.2, 0.25) is 0 Å². The topological polar surface area (TPSA) is 103 Å². The zero-order valence-corrected chi connectivity index (χ0v) is 21.8. The van der Waals surface area contributed by atoms with Crippen molar-refractivity contribution in [2.24, 2.45) is 0 Å². The van der Waals surface area contributed by atoms with Crippen molar-refractivity contribution in [3.8, 4) is 11.4 Å². The first-order valence-electron chi connectivity index (χ1n) is 13.4. The number of nitrogens with one attached hydrogen (secondary N) is 2. The molecule has 0 spiro atoms. The monoisotopic (exact) mass is 507 g/mol. The Kier molecular flexibility index (Phi) is 7.85. The van der Waals surface area contributed by atoms with E-state index in [-0.39, 0.29) is 18.0 Å². The molecule has 3 aliphatic rings. The molecule has 10 nitrogen and oxygen atoms in total. The number of urea groups is 1. The van der Waals surface area contributed by atoms with Gasteiger partial charge in [0.15, 0.2) is 5.82 Å². The quantitative estimate of drug-likeness (QED) is 0.619. The molecule has 0 unspecified atom stereocenters. The Hall–Kier alpha value is -3.24. The molecule has 2 N–H and O–H groups in total. The highest BCUT2D eigenvalue weighted by Gasteiger charge is 2.30. The highest BCUT2D eigenvalue weighted by Crippen LogP contribution is 2.31. The van der Waals surface area contributed by atoms with Gasteiger partial charge in [0.25, 0.3) is 0 Å². The molecule has 2 fully saturated rings. The van der Waals surface area contributed by atoms with Crippen LogP contribution in [0, 0.1) is 0 Å². The van der Waals surface area contributed by atoms with E-state index in [0.717, 1.165) is 62.5 Å². The number of anilines is 2. The number of ether oxygens (including phenoxy) is 1. The van der Waals surface area contributed by atoms with Gasteiger partial charge in [-0.15, -0.1) is 0 Å². The van der Waals surface area contributed by atoms with E-state index in [0.29, 0.717) is 44.4 Å². The fourth-order valence-corrected chi connectivity index (χ4v) is 5.30. The molecule has 5 rings (SSSR count). The van der Waals surface area contributed by atoms with Crippen LogP contribution in [0.15, 0.2) is 24.3 Å². The molecule has 3 aliphatic heterocycles. The van der Waals surface area contributed by atoms with Gasteiger partial charge in [-0.2, -0.15) is 0 Å². The van der Waals surface area contributed by atoms with Gasteiger partial charge in [0.1, 0.15) is 5.82 Å². The average Bonchev–Trinajstić information content (AvgIpc) is 3.44. The van der Waals surface area contributed by atoms with E-state index in [1.165, 1.54) is 5.56 Å². The van der Waals surface area contributed by atoms with Crippen LogP contribution in [0.4, 0.5) is 16.3 Å². The standard InChI is InChI=1S/C27H37N7O3/c1-3-28-27(36)29-21-8-6-20(7-9-21)25-30-23-16-32(17-24(35)33-11-4-5-12-33)13-10-22(23)26(31-25)34-14-15-37-18-19(34)2/h6-9,19H,3-5,10-18H2,1-2H3,(H2,28,29,36)/t19-/m0/s1. The number of amides is 3. The van der Waals surface area contributed by atoms with Gasteiger partial charge in [0.05, 0.1) is 31.5 Å². The van der Waals surface area contributed by atoms with Crippen molar-refractivity contribution in [1.29, 1.82) is 0 Å². The predicted octanol–water partition coefficient (Wildman–Crippen LogP) is 2.49. The van der Waals surface area contributed by atoms with Crippen molar-refractivity contribution >= 4 is 23.4 Å². The highest BCUT2D eigenvalue weighted by molar-refractivity contribution is 5.89. The molecule has 1 aromatic heterocycles. The number of fused-ring (bicyclic) bond motifs is 1. The van der Waals surface area contributed by atoms with Gasteiger partial charge >= 0.3 is 6.03 Å². The molecule has 2 aromatic rings. The molecule has 1 atom stereocenters. The zero-order chi connectivity index (χ0) is 25.8. The molecule has 4 heterocycles. The maximum absolute atomic E-state index is 12.8. The smallest absolute Gasteiger partial charge is 0.319 e. The van der Waals surface area contributed by atoms with Crippen molar-refractivity contribution in [2.45, 2.75) is 45.7 Å². The molecular weight excluding hydrogens is 470 g/mol. The molecule has 10 heteroatoms. The number of morpholine rings is 1. The van der Waals surface area contributed by atoms with Gasteiger partial charge in [0, 0.05) is 56.1 Å². The highest BCUT2D eigenvalue weighted by atomic mass is 16.5. The van der Waals surface area contributed by atoms with Crippen LogP contribution in [0.25, 0.3) is 11.4 Å². The third kappa shape index (κ3) is 5.86. The summed E-state index contributed by atoms with van der Waals surface area (Å²) in [4.78, 5) is 41.3. The van der Waals surface area contributed by atoms with Crippen LogP contribution in [-0.2, 0) is 22.5 Å². The summed E-state index contributed by atoms with van der Waals surface area (Å²) in [6.45, 7) is 10.4. The third-order valence-corrected chi connectivity index (χ3v) is 7.32. The van der Waals surface area contributed by atoms with Crippen LogP contribution in [0.5, 0.6) is 0 Å². The summed E-state index contributed by atoms with van der Waals surface area (Å²) in [5.74, 6) is 1.85. The van der Waals surface area contributed by atoms with E-state index in [1.807, 2.05) is 36.1 Å². The Bertz CT molecular complexity index is 1120. The van der Waals surface area contributed by atoms with E-state index in [4.69, 9.17) is 14.7 Å². The van der Waals surface area contributed by atoms with Crippen molar-refractivity contribution in [1.82, 2.24) is 25.1 Å². The summed E-state index contributed by atoms with van der Waals surface area (Å²) in [7, 11) is 0. The van der Waals surface area contributed by atoms with Crippen LogP contribution in [0.1, 0.15) is 37.9 Å². The summed E-state index contributed by atoms with van der Waals surface area (Å²) in [5, 5.41) is 5.57. The first kappa shape index (κ1) is 25.4. The summed E-state index contributed by atoms with van der Waals surface area (Å²) in [6, 6.07) is 7.60. The summed E-state index contributed by atoms with van der Waals surface area (Å²) in [5.41, 5.74) is 3.76. The summed E-state index contributed by atoms with van der Waals surface area (Å²) < 4.78 is 5.69. The van der Waals surface area contributed by atoms with Gasteiger partial charge in [-0.1, -0.05) is 0 Å². The van der Waals surface area contributed by atoms with Crippen LogP contribution in [0.3, 0.4) is 0 Å². The maximum atomic E-state index is 12.8. The van der Waals surface area contributed by atoms with E-state index >= 15 is 0 Å². The number of nitrogens with zero attached hydrogens (tertiary/aromatic N) is 5. The molecule has 0 bridgehead atoms. The van der Waals surface area contributed by atoms with E-state index in [1.54, 1.807) is 0 Å². The number of benzene rings is 1. The number of likely N-dealkylation sites (tertiary alicyclic amines) is 1. The van der Waals surface area contributed by atoms with Gasteiger partial charge in [0.2, 0.25) is 5.91 Å². The Balaban J connectivity index is 1.42. The number of carbonyl (C=O) groups is 2. The lowest BCUT2D eigenvalue weighted by atomic mass is 10.0. The lowest BCUT2D eigenvalue weighted by Crippen LogP contribution is -2.46. The SMILES string of the molecule is CCNC(=O)Nc1ccc(-c2nc3c(c(N4CCOC[C@@H]4C)n2)CCN(CC(=O)N2CCCC2)C3)cc1. The lowest BCUT2D eigenvalue weighted by Gasteiger charge is -2.38.